The molecule has 0 fully saturated rings. The predicted molar refractivity (Wildman–Crippen MR) is 105 cm³/mol. The number of benzene rings is 1. The fraction of sp³-hybridized carbons (Fsp3) is 0.333. The zero-order valence-corrected chi connectivity index (χ0v) is 16.3. The number of nitrogens with zero attached hydrogens (tertiary/aromatic N) is 2. The Bertz CT molecular complexity index is 867. The molecular formula is C18H25N5O3S. The van der Waals surface area contributed by atoms with E-state index in [9.17, 15) is 13.2 Å². The van der Waals surface area contributed by atoms with Gasteiger partial charge in [0.1, 0.15) is 0 Å². The number of carbonyl (C=O) groups is 1. The number of nitrogens with two attached hydrogens (primary N) is 1. The molecule has 9 heteroatoms. The third kappa shape index (κ3) is 6.97. The van der Waals surface area contributed by atoms with Crippen LogP contribution in [0.25, 0.3) is 0 Å². The number of pyridine rings is 1. The molecule has 0 aliphatic rings. The van der Waals surface area contributed by atoms with E-state index in [2.05, 4.69) is 15.6 Å². The van der Waals surface area contributed by atoms with E-state index >= 15 is 0 Å². The van der Waals surface area contributed by atoms with Crippen molar-refractivity contribution in [1.82, 2.24) is 15.2 Å². The van der Waals surface area contributed by atoms with Gasteiger partial charge in [-0.3, -0.25) is 9.78 Å². The summed E-state index contributed by atoms with van der Waals surface area (Å²) in [6.45, 7) is 1.95. The molecule has 8 nitrogen and oxygen atoms in total. The van der Waals surface area contributed by atoms with Gasteiger partial charge in [0, 0.05) is 32.0 Å². The molecule has 0 aliphatic heterocycles. The highest BCUT2D eigenvalue weighted by atomic mass is 32.2. The molecule has 4 N–H and O–H groups in total. The van der Waals surface area contributed by atoms with E-state index in [1.165, 1.54) is 18.3 Å². The number of amides is 1. The number of anilines is 1. The lowest BCUT2D eigenvalue weighted by Crippen LogP contribution is -2.31. The summed E-state index contributed by atoms with van der Waals surface area (Å²) < 4.78 is 22.5. The summed E-state index contributed by atoms with van der Waals surface area (Å²) >= 11 is 0. The third-order valence-corrected chi connectivity index (χ3v) is 4.77. The molecule has 0 bridgehead atoms. The van der Waals surface area contributed by atoms with Crippen LogP contribution >= 0.6 is 0 Å². The van der Waals surface area contributed by atoms with E-state index in [4.69, 9.17) is 5.14 Å². The fourth-order valence-electron chi connectivity index (χ4n) is 2.35. The maximum Gasteiger partial charge on any atom is 0.252 e. The minimum Gasteiger partial charge on any atom is -0.383 e. The van der Waals surface area contributed by atoms with Crippen molar-refractivity contribution >= 4 is 21.6 Å². The Kier molecular flexibility index (Phi) is 7.28. The summed E-state index contributed by atoms with van der Waals surface area (Å²) in [6.07, 6.45) is 3.87. The quantitative estimate of drug-likeness (QED) is 0.578. The van der Waals surface area contributed by atoms with Crippen LogP contribution in [0.5, 0.6) is 0 Å². The first-order valence-corrected chi connectivity index (χ1v) is 10.0. The van der Waals surface area contributed by atoms with Crippen molar-refractivity contribution in [2.75, 3.05) is 39.0 Å². The number of nitrogens with one attached hydrogen (secondary N) is 2. The monoisotopic (exact) mass is 391 g/mol. The maximum absolute atomic E-state index is 12.1. The van der Waals surface area contributed by atoms with Crippen LogP contribution in [0, 0.1) is 0 Å². The summed E-state index contributed by atoms with van der Waals surface area (Å²) in [5, 5.41) is 11.1. The summed E-state index contributed by atoms with van der Waals surface area (Å²) in [5.41, 5.74) is 2.22. The van der Waals surface area contributed by atoms with Crippen molar-refractivity contribution in [1.29, 1.82) is 0 Å². The number of hydrogen-bond acceptors (Lipinski definition) is 6. The van der Waals surface area contributed by atoms with Crippen LogP contribution in [0.2, 0.25) is 0 Å². The Morgan fingerprint density at radius 2 is 1.85 bits per heavy atom. The minimum atomic E-state index is -3.67. The summed E-state index contributed by atoms with van der Waals surface area (Å²) in [5.74, 6) is -0.161. The summed E-state index contributed by atoms with van der Waals surface area (Å²) in [6, 6.07) is 8.19. The normalized spacial score (nSPS) is 11.4. The SMILES string of the molecule is CN(C)CCNC(=O)c1cncc(NCCc2ccc(S(N)(=O)=O)cc2)c1. The van der Waals surface area contributed by atoms with E-state index in [1.54, 1.807) is 24.4 Å². The van der Waals surface area contributed by atoms with E-state index < -0.39 is 10.0 Å². The first kappa shape index (κ1) is 20.8. The van der Waals surface area contributed by atoms with E-state index in [1.807, 2.05) is 19.0 Å². The van der Waals surface area contributed by atoms with Gasteiger partial charge in [-0.05, 0) is 44.3 Å². The molecule has 146 valence electrons. The Morgan fingerprint density at radius 1 is 1.15 bits per heavy atom. The van der Waals surface area contributed by atoms with E-state index in [-0.39, 0.29) is 10.8 Å². The van der Waals surface area contributed by atoms with Gasteiger partial charge in [-0.15, -0.1) is 0 Å². The van der Waals surface area contributed by atoms with Gasteiger partial charge in [-0.1, -0.05) is 12.1 Å². The number of primary sulfonamides is 1. The molecule has 27 heavy (non-hydrogen) atoms. The lowest BCUT2D eigenvalue weighted by Gasteiger charge is -2.11. The second-order valence-electron chi connectivity index (χ2n) is 6.39. The lowest BCUT2D eigenvalue weighted by atomic mass is 10.1. The van der Waals surface area contributed by atoms with Gasteiger partial charge in [0.2, 0.25) is 10.0 Å². The predicted octanol–water partition coefficient (Wildman–Crippen LogP) is 0.675. The van der Waals surface area contributed by atoms with Gasteiger partial charge in [0.15, 0.2) is 0 Å². The molecule has 1 aromatic heterocycles. The average Bonchev–Trinajstić information content (AvgIpc) is 2.61. The minimum absolute atomic E-state index is 0.0939. The number of rotatable bonds is 9. The van der Waals surface area contributed by atoms with Crippen LogP contribution in [0.3, 0.4) is 0 Å². The molecule has 0 radical (unpaired) electrons. The Balaban J connectivity index is 1.86. The van der Waals surface area contributed by atoms with Gasteiger partial charge in [0.25, 0.3) is 5.91 Å². The number of likely N-dealkylation sites (N-methyl/N-ethyl adjacent to an activating group) is 1. The highest BCUT2D eigenvalue weighted by Crippen LogP contribution is 2.11. The van der Waals surface area contributed by atoms with E-state index in [0.717, 1.165) is 17.8 Å². The van der Waals surface area contributed by atoms with Crippen molar-refractivity contribution in [2.24, 2.45) is 5.14 Å². The Hall–Kier alpha value is -2.49. The fourth-order valence-corrected chi connectivity index (χ4v) is 2.87. The number of sulfonamides is 1. The molecule has 1 aromatic carbocycles. The third-order valence-electron chi connectivity index (χ3n) is 3.84. The van der Waals surface area contributed by atoms with Crippen LogP contribution < -0.4 is 15.8 Å². The van der Waals surface area contributed by atoms with Crippen molar-refractivity contribution in [3.05, 3.63) is 53.9 Å². The summed E-state index contributed by atoms with van der Waals surface area (Å²) in [4.78, 5) is 18.3. The van der Waals surface area contributed by atoms with Crippen molar-refractivity contribution in [3.63, 3.8) is 0 Å². The molecule has 1 amide bonds. The molecular weight excluding hydrogens is 366 g/mol. The topological polar surface area (TPSA) is 117 Å². The van der Waals surface area contributed by atoms with Crippen LogP contribution in [-0.2, 0) is 16.4 Å². The van der Waals surface area contributed by atoms with Gasteiger partial charge < -0.3 is 15.5 Å². The molecule has 0 unspecified atom stereocenters. The summed E-state index contributed by atoms with van der Waals surface area (Å²) in [7, 11) is 0.218. The van der Waals surface area contributed by atoms with Gasteiger partial charge in [-0.2, -0.15) is 0 Å². The number of aromatic nitrogens is 1. The van der Waals surface area contributed by atoms with Crippen molar-refractivity contribution in [3.8, 4) is 0 Å². The van der Waals surface area contributed by atoms with Crippen LogP contribution in [-0.4, -0.2) is 57.9 Å². The average molecular weight is 391 g/mol. The molecule has 0 spiro atoms. The molecule has 2 rings (SSSR count). The Labute approximate surface area is 159 Å². The second kappa shape index (κ2) is 9.45. The molecule has 0 aliphatic carbocycles. The molecule has 0 atom stereocenters. The smallest absolute Gasteiger partial charge is 0.252 e. The maximum atomic E-state index is 12.1. The standard InChI is InChI=1S/C18H25N5O3S/c1-23(2)10-9-22-18(24)15-11-16(13-20-12-15)21-8-7-14-3-5-17(6-4-14)27(19,25)26/h3-6,11-13,21H,7-10H2,1-2H3,(H,22,24)(H2,19,25,26). The van der Waals surface area contributed by atoms with Gasteiger partial charge in [-0.25, -0.2) is 13.6 Å². The van der Waals surface area contributed by atoms with Crippen molar-refractivity contribution < 1.29 is 13.2 Å². The largest absolute Gasteiger partial charge is 0.383 e. The number of carbonyl (C=O) groups excluding carboxylic acids is 1. The zero-order valence-electron chi connectivity index (χ0n) is 15.5. The lowest BCUT2D eigenvalue weighted by molar-refractivity contribution is 0.0950. The molecule has 2 aromatic rings. The van der Waals surface area contributed by atoms with Crippen LogP contribution in [0.4, 0.5) is 5.69 Å². The second-order valence-corrected chi connectivity index (χ2v) is 7.95. The van der Waals surface area contributed by atoms with Crippen molar-refractivity contribution in [2.45, 2.75) is 11.3 Å². The van der Waals surface area contributed by atoms with Gasteiger partial charge in [0.05, 0.1) is 16.1 Å². The molecule has 1 heterocycles. The first-order valence-electron chi connectivity index (χ1n) is 8.49. The van der Waals surface area contributed by atoms with E-state index in [0.29, 0.717) is 25.1 Å². The van der Waals surface area contributed by atoms with Crippen LogP contribution in [0.15, 0.2) is 47.6 Å². The van der Waals surface area contributed by atoms with Crippen LogP contribution in [0.1, 0.15) is 15.9 Å². The molecule has 0 saturated heterocycles. The van der Waals surface area contributed by atoms with Gasteiger partial charge >= 0.3 is 0 Å². The zero-order chi connectivity index (χ0) is 19.9. The Morgan fingerprint density at radius 3 is 2.48 bits per heavy atom. The highest BCUT2D eigenvalue weighted by Gasteiger charge is 2.08. The molecule has 0 saturated carbocycles. The first-order chi connectivity index (χ1) is 12.8. The highest BCUT2D eigenvalue weighted by molar-refractivity contribution is 7.89. The number of hydrogen-bond donors (Lipinski definition) is 3.